The van der Waals surface area contributed by atoms with Crippen LogP contribution >= 0.6 is 0 Å². The lowest BCUT2D eigenvalue weighted by atomic mass is 10.1. The molecule has 0 heterocycles. The Bertz CT molecular complexity index is 786. The molecule has 0 aliphatic carbocycles. The van der Waals surface area contributed by atoms with Crippen LogP contribution in [0.15, 0.2) is 42.5 Å². The van der Waals surface area contributed by atoms with Crippen molar-refractivity contribution in [1.82, 2.24) is 0 Å². The summed E-state index contributed by atoms with van der Waals surface area (Å²) in [5.74, 6) is 0.0160. The number of ether oxygens (including phenoxy) is 2. The molecule has 0 radical (unpaired) electrons. The van der Waals surface area contributed by atoms with Crippen LogP contribution in [0.25, 0.3) is 0 Å². The van der Waals surface area contributed by atoms with Crippen molar-refractivity contribution in [1.29, 1.82) is 0 Å². The highest BCUT2D eigenvalue weighted by Crippen LogP contribution is 2.27. The lowest BCUT2D eigenvalue weighted by molar-refractivity contribution is -0.137. The molecule has 0 fully saturated rings. The van der Waals surface area contributed by atoms with Crippen LogP contribution in [0, 0.1) is 0 Å². The quantitative estimate of drug-likeness (QED) is 0.609. The van der Waals surface area contributed by atoms with Crippen LogP contribution in [-0.4, -0.2) is 30.2 Å². The molecule has 0 aliphatic rings. The zero-order valence-corrected chi connectivity index (χ0v) is 16.4. The zero-order valence-electron chi connectivity index (χ0n) is 16.4. The molecule has 0 aromatic heterocycles. The van der Waals surface area contributed by atoms with Gasteiger partial charge < -0.3 is 19.9 Å². The number of aryl methyl sites for hydroxylation is 2. The van der Waals surface area contributed by atoms with Crippen molar-refractivity contribution >= 4 is 17.6 Å². The fourth-order valence-electron chi connectivity index (χ4n) is 2.58. The number of rotatable bonds is 11. The van der Waals surface area contributed by atoms with Crippen molar-refractivity contribution in [2.45, 2.75) is 39.5 Å². The van der Waals surface area contributed by atoms with Crippen molar-refractivity contribution in [3.8, 4) is 11.5 Å². The second-order valence-corrected chi connectivity index (χ2v) is 6.41. The summed E-state index contributed by atoms with van der Waals surface area (Å²) in [5, 5.41) is 11.7. The topological polar surface area (TPSA) is 84.9 Å². The van der Waals surface area contributed by atoms with Gasteiger partial charge in [0, 0.05) is 6.42 Å². The highest BCUT2D eigenvalue weighted by Gasteiger charge is 2.11. The van der Waals surface area contributed by atoms with Crippen LogP contribution in [0.5, 0.6) is 11.5 Å². The molecule has 2 aromatic carbocycles. The van der Waals surface area contributed by atoms with Crippen LogP contribution in [0.4, 0.5) is 5.69 Å². The molecule has 0 bridgehead atoms. The van der Waals surface area contributed by atoms with Gasteiger partial charge in [-0.1, -0.05) is 32.0 Å². The molecule has 1 amide bonds. The van der Waals surface area contributed by atoms with Gasteiger partial charge in [0.2, 0.25) is 0 Å². The van der Waals surface area contributed by atoms with Gasteiger partial charge in [0.05, 0.1) is 12.3 Å². The number of carbonyl (C=O) groups is 2. The van der Waals surface area contributed by atoms with E-state index in [-0.39, 0.29) is 18.9 Å². The molecule has 0 aliphatic heterocycles. The third-order valence-corrected chi connectivity index (χ3v) is 4.11. The Morgan fingerprint density at radius 1 is 1.00 bits per heavy atom. The maximum atomic E-state index is 12.3. The Labute approximate surface area is 165 Å². The van der Waals surface area contributed by atoms with Crippen LogP contribution in [0.1, 0.15) is 37.8 Å². The molecule has 0 atom stereocenters. The van der Waals surface area contributed by atoms with E-state index in [0.717, 1.165) is 18.4 Å². The number of carbonyl (C=O) groups excluding carboxylic acids is 1. The lowest BCUT2D eigenvalue weighted by Gasteiger charge is -2.14. The van der Waals surface area contributed by atoms with E-state index in [0.29, 0.717) is 30.2 Å². The van der Waals surface area contributed by atoms with Crippen molar-refractivity contribution in [3.05, 3.63) is 53.6 Å². The number of hydrogen-bond acceptors (Lipinski definition) is 4. The van der Waals surface area contributed by atoms with Gasteiger partial charge in [-0.3, -0.25) is 9.59 Å². The number of benzene rings is 2. The van der Waals surface area contributed by atoms with E-state index in [9.17, 15) is 9.59 Å². The highest BCUT2D eigenvalue weighted by molar-refractivity contribution is 5.93. The standard InChI is InChI=1S/C22H27NO5/c1-3-13-27-20-11-7-17(8-12-22(25)26)14-19(20)23-21(24)15-28-18-9-5-16(4-2)6-10-18/h5-7,9-11,14H,3-4,8,12-13,15H2,1-2H3,(H,23,24)(H,25,26). The minimum atomic E-state index is -0.862. The predicted molar refractivity (Wildman–Crippen MR) is 108 cm³/mol. The SMILES string of the molecule is CCCOc1ccc(CCC(=O)O)cc1NC(=O)COc1ccc(CC)cc1. The van der Waals surface area contributed by atoms with Gasteiger partial charge in [-0.25, -0.2) is 0 Å². The fraction of sp³-hybridized carbons (Fsp3) is 0.364. The fourth-order valence-corrected chi connectivity index (χ4v) is 2.58. The molecule has 0 spiro atoms. The minimum Gasteiger partial charge on any atom is -0.491 e. The van der Waals surface area contributed by atoms with E-state index < -0.39 is 5.97 Å². The van der Waals surface area contributed by atoms with Crippen molar-refractivity contribution < 1.29 is 24.2 Å². The zero-order chi connectivity index (χ0) is 20.4. The lowest BCUT2D eigenvalue weighted by Crippen LogP contribution is -2.20. The number of amides is 1. The summed E-state index contributed by atoms with van der Waals surface area (Å²) >= 11 is 0. The van der Waals surface area contributed by atoms with Crippen molar-refractivity contribution in [3.63, 3.8) is 0 Å². The first-order valence-corrected chi connectivity index (χ1v) is 9.51. The number of carboxylic acid groups (broad SMARTS) is 1. The van der Waals surface area contributed by atoms with Gasteiger partial charge in [-0.15, -0.1) is 0 Å². The molecule has 28 heavy (non-hydrogen) atoms. The van der Waals surface area contributed by atoms with Crippen LogP contribution < -0.4 is 14.8 Å². The van der Waals surface area contributed by atoms with Crippen LogP contribution in [0.3, 0.4) is 0 Å². The van der Waals surface area contributed by atoms with Gasteiger partial charge in [0.25, 0.3) is 5.91 Å². The minimum absolute atomic E-state index is 0.0272. The summed E-state index contributed by atoms with van der Waals surface area (Å²) < 4.78 is 11.2. The van der Waals surface area contributed by atoms with E-state index in [1.807, 2.05) is 37.3 Å². The van der Waals surface area contributed by atoms with Crippen LogP contribution in [-0.2, 0) is 22.4 Å². The number of carboxylic acids is 1. The number of hydrogen-bond donors (Lipinski definition) is 2. The van der Waals surface area contributed by atoms with Crippen molar-refractivity contribution in [2.24, 2.45) is 0 Å². The Morgan fingerprint density at radius 3 is 2.36 bits per heavy atom. The average Bonchev–Trinajstić information content (AvgIpc) is 2.70. The smallest absolute Gasteiger partial charge is 0.303 e. The third kappa shape index (κ3) is 6.95. The molecule has 6 nitrogen and oxygen atoms in total. The first-order valence-electron chi connectivity index (χ1n) is 9.51. The molecule has 0 unspecified atom stereocenters. The second-order valence-electron chi connectivity index (χ2n) is 6.41. The van der Waals surface area contributed by atoms with Gasteiger partial charge in [0.1, 0.15) is 11.5 Å². The Hall–Kier alpha value is -3.02. The number of anilines is 1. The van der Waals surface area contributed by atoms with E-state index >= 15 is 0 Å². The van der Waals surface area contributed by atoms with E-state index in [2.05, 4.69) is 12.2 Å². The summed E-state index contributed by atoms with van der Waals surface area (Å²) in [6.45, 7) is 4.47. The van der Waals surface area contributed by atoms with Gasteiger partial charge in [0.15, 0.2) is 6.61 Å². The number of nitrogens with one attached hydrogen (secondary N) is 1. The predicted octanol–water partition coefficient (Wildman–Crippen LogP) is 4.07. The monoisotopic (exact) mass is 385 g/mol. The Balaban J connectivity index is 2.01. The largest absolute Gasteiger partial charge is 0.491 e. The molecule has 2 rings (SSSR count). The second kappa shape index (κ2) is 11.0. The van der Waals surface area contributed by atoms with E-state index in [1.165, 1.54) is 5.56 Å². The molecular formula is C22H27NO5. The molecular weight excluding hydrogens is 358 g/mol. The van der Waals surface area contributed by atoms with Gasteiger partial charge >= 0.3 is 5.97 Å². The third-order valence-electron chi connectivity index (χ3n) is 4.11. The number of aliphatic carboxylic acids is 1. The molecule has 2 N–H and O–H groups in total. The van der Waals surface area contributed by atoms with Gasteiger partial charge in [-0.05, 0) is 54.7 Å². The van der Waals surface area contributed by atoms with Crippen molar-refractivity contribution in [2.75, 3.05) is 18.5 Å². The molecule has 0 saturated heterocycles. The van der Waals surface area contributed by atoms with E-state index in [1.54, 1.807) is 12.1 Å². The highest BCUT2D eigenvalue weighted by atomic mass is 16.5. The summed E-state index contributed by atoms with van der Waals surface area (Å²) in [4.78, 5) is 23.1. The summed E-state index contributed by atoms with van der Waals surface area (Å²) in [6, 6.07) is 12.9. The molecule has 0 saturated carbocycles. The maximum absolute atomic E-state index is 12.3. The molecule has 150 valence electrons. The Morgan fingerprint density at radius 2 is 1.71 bits per heavy atom. The summed E-state index contributed by atoms with van der Waals surface area (Å²) in [5.41, 5.74) is 2.54. The maximum Gasteiger partial charge on any atom is 0.303 e. The summed E-state index contributed by atoms with van der Waals surface area (Å²) in [7, 11) is 0. The van der Waals surface area contributed by atoms with E-state index in [4.69, 9.17) is 14.6 Å². The first kappa shape index (κ1) is 21.3. The normalized spacial score (nSPS) is 10.4. The Kier molecular flexibility index (Phi) is 8.34. The average molecular weight is 385 g/mol. The molecule has 2 aromatic rings. The molecule has 6 heteroatoms. The van der Waals surface area contributed by atoms with Crippen LogP contribution in [0.2, 0.25) is 0 Å². The van der Waals surface area contributed by atoms with Gasteiger partial charge in [-0.2, -0.15) is 0 Å². The summed E-state index contributed by atoms with van der Waals surface area (Å²) in [6.07, 6.45) is 2.19. The first-order chi connectivity index (χ1) is 13.5.